The molecule has 0 aliphatic carbocycles. The van der Waals surface area contributed by atoms with Gasteiger partial charge in [0.2, 0.25) is 5.95 Å². The number of aromatic nitrogens is 3. The number of anilines is 4. The zero-order valence-electron chi connectivity index (χ0n) is 11.5. The topological polar surface area (TPSA) is 75.9 Å². The Labute approximate surface area is 136 Å². The molecule has 0 aliphatic rings. The first kappa shape index (κ1) is 14.6. The Kier molecular flexibility index (Phi) is 4.13. The smallest absolute Gasteiger partial charge is 0.230 e. The molecule has 0 spiro atoms. The van der Waals surface area contributed by atoms with Crippen LogP contribution in [0.25, 0.3) is 0 Å². The molecule has 1 aromatic carbocycles. The highest BCUT2D eigenvalue weighted by Crippen LogP contribution is 2.28. The summed E-state index contributed by atoms with van der Waals surface area (Å²) >= 11 is 12.1. The van der Waals surface area contributed by atoms with E-state index in [1.54, 1.807) is 43.5 Å². The standard InChI is InChI=1S/C14H11Cl2N5O/c1-8-6-13(21-22-8)20-14-17-5-4-12(19-14)18-11-7-9(15)2-3-10(11)16/h2-7H,1H3,(H2,17,18,19,20,21). The van der Waals surface area contributed by atoms with Gasteiger partial charge in [0.05, 0.1) is 10.7 Å². The Morgan fingerprint density at radius 3 is 2.68 bits per heavy atom. The van der Waals surface area contributed by atoms with Crippen molar-refractivity contribution in [2.45, 2.75) is 6.92 Å². The van der Waals surface area contributed by atoms with Crippen LogP contribution in [0, 0.1) is 6.92 Å². The third kappa shape index (κ3) is 3.47. The molecule has 8 heteroatoms. The van der Waals surface area contributed by atoms with Gasteiger partial charge in [-0.3, -0.25) is 0 Å². The summed E-state index contributed by atoms with van der Waals surface area (Å²) in [5, 5.41) is 11.0. The summed E-state index contributed by atoms with van der Waals surface area (Å²) in [5.74, 6) is 2.19. The van der Waals surface area contributed by atoms with Gasteiger partial charge in [0, 0.05) is 17.3 Å². The van der Waals surface area contributed by atoms with Crippen LogP contribution >= 0.6 is 23.2 Å². The van der Waals surface area contributed by atoms with E-state index in [4.69, 9.17) is 27.7 Å². The Bertz CT molecular complexity index is 805. The lowest BCUT2D eigenvalue weighted by atomic mass is 10.3. The largest absolute Gasteiger partial charge is 0.360 e. The van der Waals surface area contributed by atoms with E-state index >= 15 is 0 Å². The van der Waals surface area contributed by atoms with Crippen molar-refractivity contribution >= 4 is 46.5 Å². The highest BCUT2D eigenvalue weighted by atomic mass is 35.5. The van der Waals surface area contributed by atoms with E-state index in [2.05, 4.69) is 25.8 Å². The van der Waals surface area contributed by atoms with E-state index in [9.17, 15) is 0 Å². The van der Waals surface area contributed by atoms with E-state index in [-0.39, 0.29) is 0 Å². The molecule has 3 aromatic rings. The molecule has 0 fully saturated rings. The number of benzene rings is 1. The zero-order chi connectivity index (χ0) is 15.5. The lowest BCUT2D eigenvalue weighted by Gasteiger charge is -2.09. The van der Waals surface area contributed by atoms with E-state index in [1.165, 1.54) is 0 Å². The SMILES string of the molecule is Cc1cc(Nc2nccc(Nc3cc(Cl)ccc3Cl)n2)no1. The molecule has 0 unspecified atom stereocenters. The summed E-state index contributed by atoms with van der Waals surface area (Å²) in [6.07, 6.45) is 1.61. The highest BCUT2D eigenvalue weighted by Gasteiger charge is 2.06. The fourth-order valence-electron chi connectivity index (χ4n) is 1.76. The molecule has 112 valence electrons. The molecule has 6 nitrogen and oxygen atoms in total. The van der Waals surface area contributed by atoms with Crippen molar-refractivity contribution in [3.05, 3.63) is 52.3 Å². The Hall–Kier alpha value is -2.31. The van der Waals surface area contributed by atoms with Crippen molar-refractivity contribution < 1.29 is 4.52 Å². The van der Waals surface area contributed by atoms with Crippen LogP contribution in [0.4, 0.5) is 23.3 Å². The van der Waals surface area contributed by atoms with Crippen LogP contribution in [0.2, 0.25) is 10.0 Å². The van der Waals surface area contributed by atoms with E-state index < -0.39 is 0 Å². The number of nitrogens with zero attached hydrogens (tertiary/aromatic N) is 3. The fourth-order valence-corrected chi connectivity index (χ4v) is 2.10. The molecule has 0 atom stereocenters. The summed E-state index contributed by atoms with van der Waals surface area (Å²) < 4.78 is 4.98. The first-order valence-corrected chi connectivity index (χ1v) is 7.11. The summed E-state index contributed by atoms with van der Waals surface area (Å²) in [6.45, 7) is 1.80. The summed E-state index contributed by atoms with van der Waals surface area (Å²) in [5.41, 5.74) is 0.663. The molecule has 3 rings (SSSR count). The number of hydrogen-bond acceptors (Lipinski definition) is 6. The second kappa shape index (κ2) is 6.21. The lowest BCUT2D eigenvalue weighted by Crippen LogP contribution is -2.00. The van der Waals surface area contributed by atoms with Crippen molar-refractivity contribution in [2.24, 2.45) is 0 Å². The van der Waals surface area contributed by atoms with Crippen molar-refractivity contribution in [1.29, 1.82) is 0 Å². The minimum absolute atomic E-state index is 0.386. The molecule has 0 radical (unpaired) electrons. The van der Waals surface area contributed by atoms with Gasteiger partial charge in [-0.15, -0.1) is 0 Å². The predicted molar refractivity (Wildman–Crippen MR) is 86.3 cm³/mol. The Morgan fingerprint density at radius 2 is 1.91 bits per heavy atom. The average Bonchev–Trinajstić information content (AvgIpc) is 2.88. The van der Waals surface area contributed by atoms with Gasteiger partial charge in [0.15, 0.2) is 5.82 Å². The summed E-state index contributed by atoms with van der Waals surface area (Å²) in [4.78, 5) is 8.45. The van der Waals surface area contributed by atoms with Crippen LogP contribution < -0.4 is 10.6 Å². The molecule has 0 saturated heterocycles. The van der Waals surface area contributed by atoms with Crippen LogP contribution in [-0.2, 0) is 0 Å². The van der Waals surface area contributed by atoms with Gasteiger partial charge >= 0.3 is 0 Å². The van der Waals surface area contributed by atoms with Crippen LogP contribution in [0.3, 0.4) is 0 Å². The number of halogens is 2. The number of nitrogens with one attached hydrogen (secondary N) is 2. The minimum Gasteiger partial charge on any atom is -0.360 e. The van der Waals surface area contributed by atoms with Gasteiger partial charge in [-0.1, -0.05) is 28.4 Å². The molecule has 2 heterocycles. The number of aryl methyl sites for hydroxylation is 1. The molecule has 2 aromatic heterocycles. The Morgan fingerprint density at radius 1 is 1.05 bits per heavy atom. The summed E-state index contributed by atoms with van der Waals surface area (Å²) in [6, 6.07) is 8.62. The monoisotopic (exact) mass is 335 g/mol. The quantitative estimate of drug-likeness (QED) is 0.727. The minimum atomic E-state index is 0.386. The maximum atomic E-state index is 6.12. The second-order valence-electron chi connectivity index (χ2n) is 4.46. The van der Waals surface area contributed by atoms with Gasteiger partial charge in [-0.05, 0) is 31.2 Å². The van der Waals surface area contributed by atoms with Crippen LogP contribution in [0.15, 0.2) is 41.1 Å². The predicted octanol–water partition coefficient (Wildman–Crippen LogP) is 4.57. The normalized spacial score (nSPS) is 10.5. The molecule has 0 aliphatic heterocycles. The lowest BCUT2D eigenvalue weighted by molar-refractivity contribution is 0.400. The maximum Gasteiger partial charge on any atom is 0.230 e. The average molecular weight is 336 g/mol. The molecule has 0 saturated carbocycles. The van der Waals surface area contributed by atoms with Crippen molar-refractivity contribution in [3.8, 4) is 0 Å². The molecule has 22 heavy (non-hydrogen) atoms. The van der Waals surface area contributed by atoms with Crippen molar-refractivity contribution in [1.82, 2.24) is 15.1 Å². The first-order valence-electron chi connectivity index (χ1n) is 6.35. The summed E-state index contributed by atoms with van der Waals surface area (Å²) in [7, 11) is 0. The number of hydrogen-bond donors (Lipinski definition) is 2. The fraction of sp³-hybridized carbons (Fsp3) is 0.0714. The highest BCUT2D eigenvalue weighted by molar-refractivity contribution is 6.35. The first-order chi connectivity index (χ1) is 10.6. The van der Waals surface area contributed by atoms with Crippen LogP contribution in [0.5, 0.6) is 0 Å². The van der Waals surface area contributed by atoms with Crippen LogP contribution in [-0.4, -0.2) is 15.1 Å². The van der Waals surface area contributed by atoms with E-state index in [0.717, 1.165) is 0 Å². The van der Waals surface area contributed by atoms with Crippen molar-refractivity contribution in [3.63, 3.8) is 0 Å². The Balaban J connectivity index is 1.80. The third-order valence-electron chi connectivity index (χ3n) is 2.71. The third-order valence-corrected chi connectivity index (χ3v) is 3.28. The number of rotatable bonds is 4. The van der Waals surface area contributed by atoms with Crippen LogP contribution in [0.1, 0.15) is 5.76 Å². The second-order valence-corrected chi connectivity index (χ2v) is 5.31. The zero-order valence-corrected chi connectivity index (χ0v) is 13.0. The van der Waals surface area contributed by atoms with Crippen molar-refractivity contribution in [2.75, 3.05) is 10.6 Å². The van der Waals surface area contributed by atoms with Gasteiger partial charge in [-0.2, -0.15) is 4.98 Å². The molecule has 0 amide bonds. The molecular weight excluding hydrogens is 325 g/mol. The van der Waals surface area contributed by atoms with E-state index in [0.29, 0.717) is 39.1 Å². The van der Waals surface area contributed by atoms with Gasteiger partial charge in [0.25, 0.3) is 0 Å². The van der Waals surface area contributed by atoms with Gasteiger partial charge < -0.3 is 15.2 Å². The molecule has 0 bridgehead atoms. The van der Waals surface area contributed by atoms with Gasteiger partial charge in [-0.25, -0.2) is 4.98 Å². The maximum absolute atomic E-state index is 6.12. The molecule has 2 N–H and O–H groups in total. The van der Waals surface area contributed by atoms with Gasteiger partial charge in [0.1, 0.15) is 11.6 Å². The molecular formula is C14H11Cl2N5O. The van der Waals surface area contributed by atoms with E-state index in [1.807, 2.05) is 0 Å².